The zero-order valence-corrected chi connectivity index (χ0v) is 10.5. The van der Waals surface area contributed by atoms with E-state index in [1.54, 1.807) is 0 Å². The molecule has 1 aromatic rings. The Morgan fingerprint density at radius 3 is 2.95 bits per heavy atom. The van der Waals surface area contributed by atoms with Crippen molar-refractivity contribution in [3.8, 4) is 0 Å². The average Bonchev–Trinajstić information content (AvgIpc) is 2.97. The number of nitrogens with one attached hydrogen (secondary N) is 1. The summed E-state index contributed by atoms with van der Waals surface area (Å²) in [5, 5.41) is 3.06. The number of hydrogen-bond acceptors (Lipinski definition) is 3. The second kappa shape index (κ2) is 4.79. The van der Waals surface area contributed by atoms with Crippen LogP contribution in [0.3, 0.4) is 0 Å². The van der Waals surface area contributed by atoms with Gasteiger partial charge in [-0.25, -0.2) is 4.98 Å². The Hall–Kier alpha value is -1.08. The van der Waals surface area contributed by atoms with Crippen molar-refractivity contribution < 1.29 is 17.9 Å². The molecular weight excluding hydrogens is 259 g/mol. The second-order valence-electron chi connectivity index (χ2n) is 5.09. The number of alkyl halides is 3. The molecule has 0 saturated carbocycles. The zero-order chi connectivity index (χ0) is 13.5. The monoisotopic (exact) mass is 275 g/mol. The third-order valence-corrected chi connectivity index (χ3v) is 3.70. The Morgan fingerprint density at radius 1 is 1.42 bits per heavy atom. The highest BCUT2D eigenvalue weighted by Gasteiger charge is 2.39. The maximum atomic E-state index is 13.1. The van der Waals surface area contributed by atoms with E-state index in [-0.39, 0.29) is 5.92 Å². The molecule has 0 spiro atoms. The highest BCUT2D eigenvalue weighted by Crippen LogP contribution is 2.32. The standard InChI is InChI=1S/C12H16F3N3O/c13-12(14,15)11-17-9-5-16-3-1-10(9)18(11)6-8-2-4-19-7-8/h8,16H,1-7H2. The molecule has 3 heterocycles. The van der Waals surface area contributed by atoms with Gasteiger partial charge in [0, 0.05) is 44.3 Å². The van der Waals surface area contributed by atoms with Gasteiger partial charge in [0.25, 0.3) is 0 Å². The van der Waals surface area contributed by atoms with Crippen LogP contribution < -0.4 is 5.32 Å². The first-order valence-corrected chi connectivity index (χ1v) is 6.49. The molecule has 1 atom stereocenters. The minimum atomic E-state index is -4.39. The molecule has 0 aliphatic carbocycles. The Morgan fingerprint density at radius 2 is 2.26 bits per heavy atom. The summed E-state index contributed by atoms with van der Waals surface area (Å²) in [4.78, 5) is 3.80. The van der Waals surface area contributed by atoms with E-state index >= 15 is 0 Å². The Balaban J connectivity index is 1.96. The first kappa shape index (κ1) is 12.9. The lowest BCUT2D eigenvalue weighted by Gasteiger charge is -2.19. The molecular formula is C12H16F3N3O. The Bertz CT molecular complexity index is 464. The maximum absolute atomic E-state index is 13.1. The molecule has 0 bridgehead atoms. The third kappa shape index (κ3) is 2.49. The lowest BCUT2D eigenvalue weighted by molar-refractivity contribution is -0.147. The molecule has 3 rings (SSSR count). The summed E-state index contributed by atoms with van der Waals surface area (Å²) in [6.45, 7) is 2.67. The lowest BCUT2D eigenvalue weighted by Crippen LogP contribution is -2.26. The van der Waals surface area contributed by atoms with Gasteiger partial charge in [0.2, 0.25) is 5.82 Å². The van der Waals surface area contributed by atoms with E-state index in [0.29, 0.717) is 45.0 Å². The Kier molecular flexibility index (Phi) is 3.26. The number of fused-ring (bicyclic) bond motifs is 1. The predicted molar refractivity (Wildman–Crippen MR) is 61.6 cm³/mol. The van der Waals surface area contributed by atoms with E-state index in [1.165, 1.54) is 4.57 Å². The maximum Gasteiger partial charge on any atom is 0.449 e. The predicted octanol–water partition coefficient (Wildman–Crippen LogP) is 1.58. The van der Waals surface area contributed by atoms with Gasteiger partial charge >= 0.3 is 6.18 Å². The first-order valence-electron chi connectivity index (χ1n) is 6.49. The SMILES string of the molecule is FC(F)(F)c1nc2c(n1CC1CCOC1)CCNC2. The van der Waals surface area contributed by atoms with Crippen LogP contribution >= 0.6 is 0 Å². The number of imidazole rings is 1. The zero-order valence-electron chi connectivity index (χ0n) is 10.5. The molecule has 106 valence electrons. The van der Waals surface area contributed by atoms with Gasteiger partial charge in [-0.3, -0.25) is 0 Å². The number of ether oxygens (including phenoxy) is 1. The van der Waals surface area contributed by atoms with Crippen LogP contribution in [0.4, 0.5) is 13.2 Å². The number of aromatic nitrogens is 2. The van der Waals surface area contributed by atoms with Crippen molar-refractivity contribution in [2.75, 3.05) is 19.8 Å². The fourth-order valence-electron chi connectivity index (χ4n) is 2.77. The van der Waals surface area contributed by atoms with Crippen molar-refractivity contribution >= 4 is 0 Å². The van der Waals surface area contributed by atoms with Crippen LogP contribution in [0, 0.1) is 5.92 Å². The summed E-state index contributed by atoms with van der Waals surface area (Å²) in [6, 6.07) is 0. The summed E-state index contributed by atoms with van der Waals surface area (Å²) in [7, 11) is 0. The molecule has 1 aromatic heterocycles. The van der Waals surface area contributed by atoms with Gasteiger partial charge in [-0.15, -0.1) is 0 Å². The van der Waals surface area contributed by atoms with Gasteiger partial charge in [-0.05, 0) is 6.42 Å². The van der Waals surface area contributed by atoms with Gasteiger partial charge in [-0.1, -0.05) is 0 Å². The van der Waals surface area contributed by atoms with Crippen LogP contribution in [0.2, 0.25) is 0 Å². The molecule has 0 amide bonds. The fraction of sp³-hybridized carbons (Fsp3) is 0.750. The largest absolute Gasteiger partial charge is 0.449 e. The molecule has 4 nitrogen and oxygen atoms in total. The fourth-order valence-corrected chi connectivity index (χ4v) is 2.77. The van der Waals surface area contributed by atoms with E-state index in [2.05, 4.69) is 10.3 Å². The topological polar surface area (TPSA) is 39.1 Å². The quantitative estimate of drug-likeness (QED) is 0.890. The van der Waals surface area contributed by atoms with E-state index in [4.69, 9.17) is 4.74 Å². The van der Waals surface area contributed by atoms with Gasteiger partial charge < -0.3 is 14.6 Å². The molecule has 1 N–H and O–H groups in total. The van der Waals surface area contributed by atoms with E-state index in [9.17, 15) is 13.2 Å². The molecule has 2 aliphatic rings. The number of nitrogens with zero attached hydrogens (tertiary/aromatic N) is 2. The van der Waals surface area contributed by atoms with Crippen LogP contribution in [0.25, 0.3) is 0 Å². The normalized spacial score (nSPS) is 23.6. The number of halogens is 3. The molecule has 7 heteroatoms. The van der Waals surface area contributed by atoms with Crippen LogP contribution in [0.5, 0.6) is 0 Å². The van der Waals surface area contributed by atoms with Gasteiger partial charge in [0.05, 0.1) is 12.3 Å². The third-order valence-electron chi connectivity index (χ3n) is 3.70. The van der Waals surface area contributed by atoms with E-state index in [0.717, 1.165) is 12.1 Å². The molecule has 19 heavy (non-hydrogen) atoms. The minimum absolute atomic E-state index is 0.161. The smallest absolute Gasteiger partial charge is 0.381 e. The van der Waals surface area contributed by atoms with E-state index in [1.807, 2.05) is 0 Å². The minimum Gasteiger partial charge on any atom is -0.381 e. The number of rotatable bonds is 2. The summed E-state index contributed by atoms with van der Waals surface area (Å²) in [6.07, 6.45) is -2.97. The molecule has 0 aromatic carbocycles. The van der Waals surface area contributed by atoms with Crippen molar-refractivity contribution in [2.24, 2.45) is 5.92 Å². The molecule has 1 saturated heterocycles. The molecule has 1 fully saturated rings. The summed E-state index contributed by atoms with van der Waals surface area (Å²) < 4.78 is 45.8. The van der Waals surface area contributed by atoms with E-state index < -0.39 is 12.0 Å². The average molecular weight is 275 g/mol. The molecule has 0 radical (unpaired) electrons. The number of hydrogen-bond donors (Lipinski definition) is 1. The van der Waals surface area contributed by atoms with Gasteiger partial charge in [-0.2, -0.15) is 13.2 Å². The van der Waals surface area contributed by atoms with Crippen LogP contribution in [-0.2, 0) is 30.4 Å². The van der Waals surface area contributed by atoms with Gasteiger partial charge in [0.1, 0.15) is 0 Å². The van der Waals surface area contributed by atoms with Crippen molar-refractivity contribution in [2.45, 2.75) is 32.1 Å². The van der Waals surface area contributed by atoms with Gasteiger partial charge in [0.15, 0.2) is 0 Å². The van der Waals surface area contributed by atoms with Crippen LogP contribution in [-0.4, -0.2) is 29.3 Å². The Labute approximate surface area is 109 Å². The molecule has 2 aliphatic heterocycles. The first-order chi connectivity index (χ1) is 9.05. The van der Waals surface area contributed by atoms with Crippen LogP contribution in [0.1, 0.15) is 23.6 Å². The second-order valence-corrected chi connectivity index (χ2v) is 5.09. The summed E-state index contributed by atoms with van der Waals surface area (Å²) >= 11 is 0. The van der Waals surface area contributed by atoms with Crippen molar-refractivity contribution in [1.29, 1.82) is 0 Å². The van der Waals surface area contributed by atoms with Crippen molar-refractivity contribution in [3.05, 3.63) is 17.2 Å². The summed E-state index contributed by atoms with van der Waals surface area (Å²) in [5.41, 5.74) is 1.27. The lowest BCUT2D eigenvalue weighted by atomic mass is 10.1. The molecule has 1 unspecified atom stereocenters. The van der Waals surface area contributed by atoms with Crippen molar-refractivity contribution in [3.63, 3.8) is 0 Å². The highest BCUT2D eigenvalue weighted by molar-refractivity contribution is 5.21. The van der Waals surface area contributed by atoms with Crippen molar-refractivity contribution in [1.82, 2.24) is 14.9 Å². The van der Waals surface area contributed by atoms with Crippen LogP contribution in [0.15, 0.2) is 0 Å². The highest BCUT2D eigenvalue weighted by atomic mass is 19.4. The summed E-state index contributed by atoms with van der Waals surface area (Å²) in [5.74, 6) is -0.595.